The average molecular weight is 472 g/mol. The van der Waals surface area contributed by atoms with Crippen molar-refractivity contribution < 1.29 is 19.0 Å². The van der Waals surface area contributed by atoms with Crippen molar-refractivity contribution >= 4 is 5.91 Å². The molecule has 0 bridgehead atoms. The van der Waals surface area contributed by atoms with Gasteiger partial charge in [-0.3, -0.25) is 4.79 Å². The number of carbonyl (C=O) groups is 1. The van der Waals surface area contributed by atoms with Gasteiger partial charge in [0.1, 0.15) is 29.3 Å². The van der Waals surface area contributed by atoms with Gasteiger partial charge < -0.3 is 19.1 Å². The molecule has 2 aliphatic rings. The fourth-order valence-corrected chi connectivity index (χ4v) is 5.80. The number of fused-ring (bicyclic) bond motifs is 1. The van der Waals surface area contributed by atoms with Gasteiger partial charge in [-0.2, -0.15) is 0 Å². The Labute approximate surface area is 207 Å². The van der Waals surface area contributed by atoms with Crippen molar-refractivity contribution in [2.24, 2.45) is 0 Å². The van der Waals surface area contributed by atoms with Crippen molar-refractivity contribution in [2.75, 3.05) is 26.8 Å². The van der Waals surface area contributed by atoms with E-state index in [2.05, 4.69) is 50.2 Å². The van der Waals surface area contributed by atoms with Crippen molar-refractivity contribution in [3.63, 3.8) is 0 Å². The number of para-hydroxylation sites is 1. The molecule has 1 fully saturated rings. The highest BCUT2D eigenvalue weighted by Gasteiger charge is 2.58. The van der Waals surface area contributed by atoms with Crippen LogP contribution in [0, 0.1) is 0 Å². The molecule has 2 heterocycles. The Morgan fingerprint density at radius 1 is 0.971 bits per heavy atom. The van der Waals surface area contributed by atoms with Gasteiger partial charge in [-0.25, -0.2) is 0 Å². The van der Waals surface area contributed by atoms with Crippen LogP contribution in [0.1, 0.15) is 49.3 Å². The Hall–Kier alpha value is -3.31. The van der Waals surface area contributed by atoms with Crippen molar-refractivity contribution in [3.8, 4) is 11.5 Å². The van der Waals surface area contributed by atoms with Gasteiger partial charge >= 0.3 is 0 Å². The highest BCUT2D eigenvalue weighted by atomic mass is 16.6. The number of ether oxygens (including phenoxy) is 3. The molecule has 0 radical (unpaired) electrons. The number of hydrogen-bond acceptors (Lipinski definition) is 4. The van der Waals surface area contributed by atoms with Crippen LogP contribution >= 0.6 is 0 Å². The summed E-state index contributed by atoms with van der Waals surface area (Å²) in [4.78, 5) is 13.7. The quantitative estimate of drug-likeness (QED) is 0.454. The van der Waals surface area contributed by atoms with E-state index in [-0.39, 0.29) is 11.8 Å². The largest absolute Gasteiger partial charge is 0.492 e. The molecule has 3 aromatic rings. The number of benzene rings is 3. The van der Waals surface area contributed by atoms with Gasteiger partial charge in [0.15, 0.2) is 0 Å². The third kappa shape index (κ3) is 4.08. The Balaban J connectivity index is 1.49. The molecule has 2 atom stereocenters. The molecule has 0 aromatic heterocycles. The first kappa shape index (κ1) is 23.4. The summed E-state index contributed by atoms with van der Waals surface area (Å²) in [5.41, 5.74) is 1.91. The molecule has 3 aromatic carbocycles. The first-order valence-corrected chi connectivity index (χ1v) is 12.4. The summed E-state index contributed by atoms with van der Waals surface area (Å²) < 4.78 is 19.0. The second-order valence-electron chi connectivity index (χ2n) is 9.79. The zero-order chi connectivity index (χ0) is 24.5. The number of amides is 1. The van der Waals surface area contributed by atoms with Gasteiger partial charge in [-0.05, 0) is 49.6 Å². The fraction of sp³-hybridized carbons (Fsp3) is 0.367. The van der Waals surface area contributed by atoms with Crippen LogP contribution in [0.25, 0.3) is 0 Å². The van der Waals surface area contributed by atoms with Crippen LogP contribution in [0.2, 0.25) is 0 Å². The molecule has 35 heavy (non-hydrogen) atoms. The summed E-state index contributed by atoms with van der Waals surface area (Å²) in [5.74, 6) is 1.80. The van der Waals surface area contributed by atoms with E-state index < -0.39 is 11.2 Å². The van der Waals surface area contributed by atoms with Gasteiger partial charge in [-0.1, -0.05) is 60.7 Å². The molecule has 0 N–H and O–H groups in total. The van der Waals surface area contributed by atoms with Crippen molar-refractivity contribution in [1.29, 1.82) is 0 Å². The minimum Gasteiger partial charge on any atom is -0.492 e. The van der Waals surface area contributed by atoms with Gasteiger partial charge in [0, 0.05) is 31.6 Å². The predicted octanol–water partition coefficient (Wildman–Crippen LogP) is 5.53. The standard InChI is InChI=1S/C30H33NO4/c1-29(2)30(33-3,23-10-5-4-6-11-23)28(25-12-7-8-13-26(25)35-29)22-15-17-24(18-16-22)34-21-20-31-19-9-14-27(31)32/h4-8,10-13,15-18,28H,9,14,19-21H2,1-3H3. The number of nitrogens with zero attached hydrogens (tertiary/aromatic N) is 1. The molecule has 5 rings (SSSR count). The Morgan fingerprint density at radius 3 is 2.37 bits per heavy atom. The minimum absolute atomic E-state index is 0.0916. The maximum Gasteiger partial charge on any atom is 0.222 e. The van der Waals surface area contributed by atoms with Crippen molar-refractivity contribution in [3.05, 3.63) is 95.6 Å². The van der Waals surface area contributed by atoms with Crippen molar-refractivity contribution in [1.82, 2.24) is 4.90 Å². The number of carbonyl (C=O) groups excluding carboxylic acids is 1. The molecule has 0 spiro atoms. The summed E-state index contributed by atoms with van der Waals surface area (Å²) in [6.45, 7) is 6.15. The van der Waals surface area contributed by atoms with Crippen LogP contribution < -0.4 is 9.47 Å². The first-order valence-electron chi connectivity index (χ1n) is 12.4. The number of rotatable bonds is 7. The van der Waals surface area contributed by atoms with Gasteiger partial charge in [0.25, 0.3) is 0 Å². The molecule has 182 valence electrons. The van der Waals surface area contributed by atoms with E-state index in [9.17, 15) is 4.79 Å². The third-order valence-electron chi connectivity index (χ3n) is 7.44. The summed E-state index contributed by atoms with van der Waals surface area (Å²) in [7, 11) is 1.77. The van der Waals surface area contributed by atoms with Gasteiger partial charge in [0.05, 0.1) is 6.54 Å². The van der Waals surface area contributed by atoms with Gasteiger partial charge in [-0.15, -0.1) is 0 Å². The molecule has 1 amide bonds. The lowest BCUT2D eigenvalue weighted by atomic mass is 9.64. The zero-order valence-electron chi connectivity index (χ0n) is 20.7. The molecule has 5 nitrogen and oxygen atoms in total. The van der Waals surface area contributed by atoms with Crippen LogP contribution in [0.3, 0.4) is 0 Å². The summed E-state index contributed by atoms with van der Waals surface area (Å²) in [5, 5.41) is 0. The predicted molar refractivity (Wildman–Crippen MR) is 136 cm³/mol. The van der Waals surface area contributed by atoms with E-state index >= 15 is 0 Å². The van der Waals surface area contributed by atoms with Crippen LogP contribution in [0.5, 0.6) is 11.5 Å². The molecule has 2 unspecified atom stereocenters. The molecule has 5 heteroatoms. The Morgan fingerprint density at radius 2 is 1.69 bits per heavy atom. The Kier molecular flexibility index (Phi) is 6.28. The lowest BCUT2D eigenvalue weighted by Gasteiger charge is -2.54. The minimum atomic E-state index is -0.749. The first-order chi connectivity index (χ1) is 17.0. The molecular formula is C30H33NO4. The second-order valence-corrected chi connectivity index (χ2v) is 9.79. The number of hydrogen-bond donors (Lipinski definition) is 0. The SMILES string of the molecule is COC1(c2ccccc2)C(c2ccc(OCCN3CCCC3=O)cc2)c2ccccc2OC1(C)C. The molecule has 0 saturated carbocycles. The van der Waals surface area contributed by atoms with E-state index in [0.29, 0.717) is 19.6 Å². The third-order valence-corrected chi connectivity index (χ3v) is 7.44. The van der Waals surface area contributed by atoms with E-state index in [1.165, 1.54) is 0 Å². The molecule has 1 saturated heterocycles. The molecule has 2 aliphatic heterocycles. The van der Waals surface area contributed by atoms with E-state index in [4.69, 9.17) is 14.2 Å². The lowest BCUT2D eigenvalue weighted by Crippen LogP contribution is -2.59. The van der Waals surface area contributed by atoms with Crippen LogP contribution in [0.15, 0.2) is 78.9 Å². The van der Waals surface area contributed by atoms with E-state index in [0.717, 1.165) is 41.2 Å². The zero-order valence-corrected chi connectivity index (χ0v) is 20.7. The maximum absolute atomic E-state index is 11.8. The highest BCUT2D eigenvalue weighted by molar-refractivity contribution is 5.78. The highest BCUT2D eigenvalue weighted by Crippen LogP contribution is 2.57. The Bertz CT molecular complexity index is 1170. The smallest absolute Gasteiger partial charge is 0.222 e. The maximum atomic E-state index is 11.8. The summed E-state index contributed by atoms with van der Waals surface area (Å²) in [6.07, 6.45) is 1.60. The molecule has 0 aliphatic carbocycles. The van der Waals surface area contributed by atoms with Crippen LogP contribution in [-0.4, -0.2) is 43.2 Å². The number of methoxy groups -OCH3 is 1. The lowest BCUT2D eigenvalue weighted by molar-refractivity contribution is -0.166. The normalized spacial score (nSPS) is 23.0. The number of likely N-dealkylation sites (tertiary alicyclic amines) is 1. The second kappa shape index (κ2) is 9.38. The average Bonchev–Trinajstić information content (AvgIpc) is 3.28. The summed E-state index contributed by atoms with van der Waals surface area (Å²) >= 11 is 0. The van der Waals surface area contributed by atoms with Gasteiger partial charge in [0.2, 0.25) is 5.91 Å². The topological polar surface area (TPSA) is 48.0 Å². The fourth-order valence-electron chi connectivity index (χ4n) is 5.80. The summed E-state index contributed by atoms with van der Waals surface area (Å²) in [6, 6.07) is 26.8. The van der Waals surface area contributed by atoms with Crippen LogP contribution in [-0.2, 0) is 15.1 Å². The van der Waals surface area contributed by atoms with Crippen LogP contribution in [0.4, 0.5) is 0 Å². The van der Waals surface area contributed by atoms with E-state index in [1.54, 1.807) is 7.11 Å². The van der Waals surface area contributed by atoms with E-state index in [1.807, 2.05) is 47.4 Å². The monoisotopic (exact) mass is 471 g/mol. The van der Waals surface area contributed by atoms with Crippen molar-refractivity contribution in [2.45, 2.75) is 43.8 Å². The molecular weight excluding hydrogens is 438 g/mol.